The Bertz CT molecular complexity index is 795. The zero-order valence-corrected chi connectivity index (χ0v) is 18.2. The Balaban J connectivity index is 1.56. The van der Waals surface area contributed by atoms with E-state index in [1.165, 1.54) is 0 Å². The van der Waals surface area contributed by atoms with Gasteiger partial charge in [0, 0.05) is 28.7 Å². The molecule has 5 aliphatic rings. The highest BCUT2D eigenvalue weighted by Crippen LogP contribution is 2.75. The van der Waals surface area contributed by atoms with Crippen LogP contribution in [0.3, 0.4) is 0 Å². The van der Waals surface area contributed by atoms with Crippen molar-refractivity contribution in [1.29, 1.82) is 0 Å². The van der Waals surface area contributed by atoms with Crippen LogP contribution in [0.2, 0.25) is 0 Å². The van der Waals surface area contributed by atoms with Crippen LogP contribution in [0, 0.1) is 28.1 Å². The lowest BCUT2D eigenvalue weighted by molar-refractivity contribution is -0.303. The summed E-state index contributed by atoms with van der Waals surface area (Å²) in [5, 5.41) is 44.9. The smallest absolute Gasteiger partial charge is 0.331 e. The van der Waals surface area contributed by atoms with Gasteiger partial charge in [-0.2, -0.15) is 0 Å². The summed E-state index contributed by atoms with van der Waals surface area (Å²) in [6, 6.07) is 0. The largest absolute Gasteiger partial charge is 0.458 e. The van der Waals surface area contributed by atoms with Crippen LogP contribution >= 0.6 is 0 Å². The van der Waals surface area contributed by atoms with Gasteiger partial charge in [-0.15, -0.1) is 0 Å². The van der Waals surface area contributed by atoms with Crippen molar-refractivity contribution in [3.05, 3.63) is 11.6 Å². The van der Waals surface area contributed by atoms with Crippen molar-refractivity contribution in [2.24, 2.45) is 28.1 Å². The molecule has 6 heteroatoms. The molecule has 0 unspecified atom stereocenters. The molecule has 0 spiro atoms. The van der Waals surface area contributed by atoms with Crippen LogP contribution in [0.5, 0.6) is 0 Å². The van der Waals surface area contributed by atoms with E-state index in [9.17, 15) is 25.2 Å². The minimum Gasteiger partial charge on any atom is -0.458 e. The monoisotopic (exact) mass is 420 g/mol. The van der Waals surface area contributed by atoms with Gasteiger partial charge in [0.2, 0.25) is 0 Å². The molecule has 1 aliphatic heterocycles. The fourth-order valence-corrected chi connectivity index (χ4v) is 9.07. The number of cyclic esters (lactones) is 1. The van der Waals surface area contributed by atoms with Gasteiger partial charge >= 0.3 is 5.97 Å². The number of aliphatic hydroxyl groups is 4. The molecule has 30 heavy (non-hydrogen) atoms. The predicted octanol–water partition coefficient (Wildman–Crippen LogP) is 2.08. The molecule has 4 aliphatic carbocycles. The van der Waals surface area contributed by atoms with Crippen LogP contribution in [-0.2, 0) is 9.53 Å². The van der Waals surface area contributed by atoms with Crippen LogP contribution in [-0.4, -0.2) is 56.9 Å². The van der Waals surface area contributed by atoms with E-state index in [2.05, 4.69) is 13.8 Å². The maximum atomic E-state index is 12.4. The maximum Gasteiger partial charge on any atom is 0.331 e. The first-order chi connectivity index (χ1) is 14.1. The summed E-state index contributed by atoms with van der Waals surface area (Å²) in [7, 11) is 0. The second-order valence-electron chi connectivity index (χ2n) is 11.4. The minimum absolute atomic E-state index is 0.00601. The Labute approximate surface area is 178 Å². The average molecular weight is 421 g/mol. The molecular formula is C24H36O6. The molecule has 0 aromatic rings. The van der Waals surface area contributed by atoms with Gasteiger partial charge in [-0.25, -0.2) is 4.79 Å². The highest BCUT2D eigenvalue weighted by molar-refractivity contribution is 5.85. The normalized spacial score (nSPS) is 55.3. The van der Waals surface area contributed by atoms with E-state index in [-0.39, 0.29) is 29.8 Å². The topological polar surface area (TPSA) is 107 Å². The van der Waals surface area contributed by atoms with Crippen molar-refractivity contribution in [2.45, 2.75) is 88.9 Å². The number of aliphatic hydroxyl groups excluding tert-OH is 2. The van der Waals surface area contributed by atoms with Gasteiger partial charge in [-0.05, 0) is 68.8 Å². The number of ether oxygens (including phenoxy) is 1. The van der Waals surface area contributed by atoms with Crippen LogP contribution in [0.25, 0.3) is 0 Å². The van der Waals surface area contributed by atoms with Crippen LogP contribution in [0.15, 0.2) is 11.6 Å². The quantitative estimate of drug-likeness (QED) is 0.510. The summed E-state index contributed by atoms with van der Waals surface area (Å²) in [6.45, 7) is 4.56. The molecule has 8 atom stereocenters. The molecule has 4 saturated carbocycles. The van der Waals surface area contributed by atoms with Crippen LogP contribution < -0.4 is 0 Å². The number of hydrogen-bond donors (Lipinski definition) is 4. The molecular weight excluding hydrogens is 384 g/mol. The van der Waals surface area contributed by atoms with Gasteiger partial charge in [0.05, 0.1) is 23.9 Å². The first-order valence-corrected chi connectivity index (χ1v) is 11.7. The van der Waals surface area contributed by atoms with E-state index in [1.807, 2.05) is 0 Å². The Morgan fingerprint density at radius 3 is 2.47 bits per heavy atom. The SMILES string of the molecule is C[C@@]12CC[C@@H]3[C@@]4(CO)CC[C@@H](O)C[C@@]4(O)CC[C@@]3(C)[C@]1(O)CC[C@@H]2C1=CC(=O)OC1. The van der Waals surface area contributed by atoms with E-state index >= 15 is 0 Å². The summed E-state index contributed by atoms with van der Waals surface area (Å²) < 4.78 is 5.19. The highest BCUT2D eigenvalue weighted by Gasteiger charge is 2.75. The summed E-state index contributed by atoms with van der Waals surface area (Å²) in [5.74, 6) is -0.175. The molecule has 4 N–H and O–H groups in total. The first kappa shape index (κ1) is 20.9. The number of hydrogen-bond acceptors (Lipinski definition) is 6. The zero-order chi connectivity index (χ0) is 21.6. The Kier molecular flexibility index (Phi) is 4.40. The third-order valence-electron chi connectivity index (χ3n) is 10.7. The molecule has 0 radical (unpaired) electrons. The molecule has 6 nitrogen and oxygen atoms in total. The number of esters is 1. The van der Waals surface area contributed by atoms with Gasteiger partial charge in [0.1, 0.15) is 6.61 Å². The van der Waals surface area contributed by atoms with E-state index in [0.717, 1.165) is 24.8 Å². The summed E-state index contributed by atoms with van der Waals surface area (Å²) >= 11 is 0. The van der Waals surface area contributed by atoms with Gasteiger partial charge in [-0.1, -0.05) is 13.8 Å². The predicted molar refractivity (Wildman–Crippen MR) is 109 cm³/mol. The lowest BCUT2D eigenvalue weighted by atomic mass is 9.36. The van der Waals surface area contributed by atoms with Crippen molar-refractivity contribution in [3.63, 3.8) is 0 Å². The summed E-state index contributed by atoms with van der Waals surface area (Å²) in [5.41, 5.74) is -2.49. The highest BCUT2D eigenvalue weighted by atomic mass is 16.5. The summed E-state index contributed by atoms with van der Waals surface area (Å²) in [6.07, 6.45) is 6.85. The van der Waals surface area contributed by atoms with Gasteiger partial charge in [0.15, 0.2) is 0 Å². The number of carbonyl (C=O) groups is 1. The zero-order valence-electron chi connectivity index (χ0n) is 18.2. The second kappa shape index (κ2) is 6.31. The Morgan fingerprint density at radius 2 is 1.80 bits per heavy atom. The lowest BCUT2D eigenvalue weighted by Crippen LogP contribution is -2.73. The number of fused-ring (bicyclic) bond motifs is 5. The van der Waals surface area contributed by atoms with E-state index in [1.54, 1.807) is 6.08 Å². The Morgan fingerprint density at radius 1 is 1.03 bits per heavy atom. The van der Waals surface area contributed by atoms with Crippen molar-refractivity contribution in [1.82, 2.24) is 0 Å². The fraction of sp³-hybridized carbons (Fsp3) is 0.875. The molecule has 0 bridgehead atoms. The van der Waals surface area contributed by atoms with Gasteiger partial charge in [0.25, 0.3) is 0 Å². The molecule has 0 amide bonds. The molecule has 4 fully saturated rings. The third kappa shape index (κ3) is 2.26. The van der Waals surface area contributed by atoms with Gasteiger partial charge < -0.3 is 25.2 Å². The molecule has 168 valence electrons. The molecule has 0 aromatic heterocycles. The molecule has 0 saturated heterocycles. The minimum atomic E-state index is -1.08. The standard InChI is InChI=1S/C24H36O6/c1-20-6-5-18-21(2,9-10-23(28)12-16(26)3-7-22(18,23)14-25)24(20,29)8-4-17(20)15-11-19(27)30-13-15/h11,16-18,25-26,28-29H,3-10,12-14H2,1-2H3/t16-,17-,18+,20+,21-,22+,23+,24+/m1/s1. The second-order valence-corrected chi connectivity index (χ2v) is 11.4. The van der Waals surface area contributed by atoms with E-state index in [4.69, 9.17) is 4.74 Å². The number of carbonyl (C=O) groups excluding carboxylic acids is 1. The molecule has 1 heterocycles. The third-order valence-corrected chi connectivity index (χ3v) is 10.7. The molecule has 0 aromatic carbocycles. The van der Waals surface area contributed by atoms with Crippen molar-refractivity contribution in [2.75, 3.05) is 13.2 Å². The first-order valence-electron chi connectivity index (χ1n) is 11.7. The van der Waals surface area contributed by atoms with Crippen LogP contribution in [0.4, 0.5) is 0 Å². The lowest BCUT2D eigenvalue weighted by Gasteiger charge is -2.70. The summed E-state index contributed by atoms with van der Waals surface area (Å²) in [4.78, 5) is 11.7. The average Bonchev–Trinajstić information content (AvgIpc) is 3.23. The maximum absolute atomic E-state index is 12.4. The Hall–Kier alpha value is -0.950. The fourth-order valence-electron chi connectivity index (χ4n) is 9.07. The van der Waals surface area contributed by atoms with Gasteiger partial charge in [-0.3, -0.25) is 0 Å². The van der Waals surface area contributed by atoms with E-state index < -0.39 is 28.1 Å². The van der Waals surface area contributed by atoms with Crippen molar-refractivity contribution >= 4 is 5.97 Å². The van der Waals surface area contributed by atoms with Crippen molar-refractivity contribution in [3.8, 4) is 0 Å². The molecule has 5 rings (SSSR count). The van der Waals surface area contributed by atoms with Crippen LogP contribution in [0.1, 0.15) is 71.6 Å². The van der Waals surface area contributed by atoms with Crippen molar-refractivity contribution < 1.29 is 30.0 Å². The van der Waals surface area contributed by atoms with E-state index in [0.29, 0.717) is 45.1 Å². The number of rotatable bonds is 2.